The zero-order valence-electron chi connectivity index (χ0n) is 10.5. The molecule has 2 heterocycles. The predicted molar refractivity (Wildman–Crippen MR) is 65.3 cm³/mol. The molecule has 5 nitrogen and oxygen atoms in total. The molecule has 0 atom stereocenters. The van der Waals surface area contributed by atoms with Crippen LogP contribution in [0.15, 0.2) is 12.4 Å². The molecule has 0 aromatic carbocycles. The Balaban J connectivity index is 1.98. The van der Waals surface area contributed by atoms with Crippen LogP contribution in [0.25, 0.3) is 0 Å². The highest BCUT2D eigenvalue weighted by Gasteiger charge is 2.36. The molecule has 1 fully saturated rings. The molecule has 94 valence electrons. The minimum absolute atomic E-state index is 0.216. The van der Waals surface area contributed by atoms with Gasteiger partial charge >= 0.3 is 0 Å². The number of aromatic amines is 1. The fourth-order valence-electron chi connectivity index (χ4n) is 2.33. The lowest BCUT2D eigenvalue weighted by molar-refractivity contribution is -0.142. The Morgan fingerprint density at radius 2 is 2.24 bits per heavy atom. The number of rotatable bonds is 3. The third kappa shape index (κ3) is 2.66. The minimum atomic E-state index is -0.216. The monoisotopic (exact) mass is 236 g/mol. The zero-order chi connectivity index (χ0) is 12.3. The van der Waals surface area contributed by atoms with Crippen molar-refractivity contribution in [3.8, 4) is 0 Å². The molecule has 2 rings (SSSR count). The van der Waals surface area contributed by atoms with E-state index < -0.39 is 0 Å². The molecule has 1 aromatic rings. The molecule has 0 spiro atoms. The largest absolute Gasteiger partial charge is 0.347 e. The minimum Gasteiger partial charge on any atom is -0.347 e. The van der Waals surface area contributed by atoms with E-state index in [9.17, 15) is 4.79 Å². The summed E-state index contributed by atoms with van der Waals surface area (Å²) in [7, 11) is 1.85. The van der Waals surface area contributed by atoms with Crippen molar-refractivity contribution in [3.63, 3.8) is 0 Å². The molecule has 5 heteroatoms. The topological polar surface area (TPSA) is 61.0 Å². The molecule has 0 saturated carbocycles. The maximum Gasteiger partial charge on any atom is 0.228 e. The van der Waals surface area contributed by atoms with Crippen LogP contribution in [0.4, 0.5) is 0 Å². The first-order valence-corrected chi connectivity index (χ1v) is 6.06. The summed E-state index contributed by atoms with van der Waals surface area (Å²) in [6.45, 7) is 4.47. The van der Waals surface area contributed by atoms with Crippen molar-refractivity contribution in [3.05, 3.63) is 18.2 Å². The fraction of sp³-hybridized carbons (Fsp3) is 0.667. The van der Waals surface area contributed by atoms with Gasteiger partial charge in [-0.3, -0.25) is 4.79 Å². The number of carbonyl (C=O) groups is 1. The zero-order valence-corrected chi connectivity index (χ0v) is 10.5. The molecule has 0 radical (unpaired) electrons. The third-order valence-electron chi connectivity index (χ3n) is 3.51. The van der Waals surface area contributed by atoms with E-state index in [-0.39, 0.29) is 11.3 Å². The third-order valence-corrected chi connectivity index (χ3v) is 3.51. The first kappa shape index (κ1) is 12.1. The second-order valence-corrected chi connectivity index (χ2v) is 5.01. The quantitative estimate of drug-likeness (QED) is 0.814. The molecule has 0 unspecified atom stereocenters. The summed E-state index contributed by atoms with van der Waals surface area (Å²) >= 11 is 0. The number of imidazole rings is 1. The van der Waals surface area contributed by atoms with E-state index in [0.29, 0.717) is 6.54 Å². The van der Waals surface area contributed by atoms with Crippen LogP contribution in [-0.4, -0.2) is 40.9 Å². The van der Waals surface area contributed by atoms with Crippen LogP contribution in [0.3, 0.4) is 0 Å². The van der Waals surface area contributed by atoms with Gasteiger partial charge in [-0.25, -0.2) is 4.98 Å². The molecule has 1 aromatic heterocycles. The van der Waals surface area contributed by atoms with Gasteiger partial charge in [-0.05, 0) is 25.9 Å². The maximum absolute atomic E-state index is 12.4. The Morgan fingerprint density at radius 1 is 1.53 bits per heavy atom. The summed E-state index contributed by atoms with van der Waals surface area (Å²) in [5.74, 6) is 1.05. The first-order valence-electron chi connectivity index (χ1n) is 6.06. The van der Waals surface area contributed by atoms with E-state index in [2.05, 4.69) is 22.2 Å². The van der Waals surface area contributed by atoms with Crippen LogP contribution in [-0.2, 0) is 11.3 Å². The summed E-state index contributed by atoms with van der Waals surface area (Å²) in [6.07, 6.45) is 5.31. The molecule has 17 heavy (non-hydrogen) atoms. The first-order chi connectivity index (χ1) is 8.12. The van der Waals surface area contributed by atoms with Gasteiger partial charge in [-0.2, -0.15) is 0 Å². The smallest absolute Gasteiger partial charge is 0.228 e. The van der Waals surface area contributed by atoms with Gasteiger partial charge in [-0.15, -0.1) is 0 Å². The van der Waals surface area contributed by atoms with Gasteiger partial charge in [-0.1, -0.05) is 6.92 Å². The second-order valence-electron chi connectivity index (χ2n) is 5.01. The van der Waals surface area contributed by atoms with Crippen LogP contribution in [0, 0.1) is 5.41 Å². The van der Waals surface area contributed by atoms with Gasteiger partial charge in [0, 0.05) is 24.9 Å². The Bertz CT molecular complexity index is 368. The Labute approximate surface area is 102 Å². The van der Waals surface area contributed by atoms with Crippen molar-refractivity contribution in [2.24, 2.45) is 5.41 Å². The van der Waals surface area contributed by atoms with E-state index in [1.165, 1.54) is 0 Å². The number of hydrogen-bond donors (Lipinski definition) is 2. The van der Waals surface area contributed by atoms with Crippen molar-refractivity contribution >= 4 is 5.91 Å². The van der Waals surface area contributed by atoms with E-state index in [1.807, 2.05) is 7.05 Å². The SMILES string of the molecule is CN(Cc1ncc[nH]1)C(=O)C1(C)CCNCC1. The van der Waals surface area contributed by atoms with Gasteiger partial charge in [0.05, 0.1) is 6.54 Å². The lowest BCUT2D eigenvalue weighted by atomic mass is 9.80. The van der Waals surface area contributed by atoms with Crippen LogP contribution in [0.2, 0.25) is 0 Å². The standard InChI is InChI=1S/C12H20N4O/c1-12(3-5-13-6-4-12)11(17)16(2)9-10-14-7-8-15-10/h7-8,13H,3-6,9H2,1-2H3,(H,14,15). The number of H-pyrrole nitrogens is 1. The molecule has 1 saturated heterocycles. The molecule has 1 aliphatic heterocycles. The lowest BCUT2D eigenvalue weighted by Crippen LogP contribution is -2.46. The fourth-order valence-corrected chi connectivity index (χ4v) is 2.33. The summed E-state index contributed by atoms with van der Waals surface area (Å²) in [4.78, 5) is 21.3. The van der Waals surface area contributed by atoms with Crippen LogP contribution >= 0.6 is 0 Å². The average molecular weight is 236 g/mol. The van der Waals surface area contributed by atoms with Gasteiger partial charge in [0.15, 0.2) is 0 Å². The van der Waals surface area contributed by atoms with E-state index >= 15 is 0 Å². The molecule has 1 amide bonds. The number of nitrogens with one attached hydrogen (secondary N) is 2. The summed E-state index contributed by atoms with van der Waals surface area (Å²) < 4.78 is 0. The average Bonchev–Trinajstić information content (AvgIpc) is 2.81. The van der Waals surface area contributed by atoms with Gasteiger partial charge < -0.3 is 15.2 Å². The Hall–Kier alpha value is -1.36. The van der Waals surface area contributed by atoms with Crippen LogP contribution < -0.4 is 5.32 Å². The van der Waals surface area contributed by atoms with Crippen LogP contribution in [0.5, 0.6) is 0 Å². The Morgan fingerprint density at radius 3 is 2.82 bits per heavy atom. The second kappa shape index (κ2) is 4.87. The number of aromatic nitrogens is 2. The highest BCUT2D eigenvalue weighted by atomic mass is 16.2. The summed E-state index contributed by atoms with van der Waals surface area (Å²) in [5, 5.41) is 3.29. The van der Waals surface area contributed by atoms with Crippen molar-refractivity contribution in [2.75, 3.05) is 20.1 Å². The number of nitrogens with zero attached hydrogens (tertiary/aromatic N) is 2. The Kier molecular flexibility index (Phi) is 3.47. The number of amides is 1. The van der Waals surface area contributed by atoms with E-state index in [1.54, 1.807) is 17.3 Å². The highest BCUT2D eigenvalue weighted by molar-refractivity contribution is 5.82. The number of carbonyl (C=O) groups excluding carboxylic acids is 1. The molecular weight excluding hydrogens is 216 g/mol. The predicted octanol–water partition coefficient (Wildman–Crippen LogP) is 0.758. The molecular formula is C12H20N4O. The number of piperidine rings is 1. The van der Waals surface area contributed by atoms with E-state index in [4.69, 9.17) is 0 Å². The van der Waals surface area contributed by atoms with Gasteiger partial charge in [0.2, 0.25) is 5.91 Å². The van der Waals surface area contributed by atoms with Crippen molar-refractivity contribution in [2.45, 2.75) is 26.3 Å². The van der Waals surface area contributed by atoms with E-state index in [0.717, 1.165) is 31.8 Å². The maximum atomic E-state index is 12.4. The molecule has 2 N–H and O–H groups in total. The van der Waals surface area contributed by atoms with Crippen LogP contribution in [0.1, 0.15) is 25.6 Å². The summed E-state index contributed by atoms with van der Waals surface area (Å²) in [6, 6.07) is 0. The molecule has 0 aliphatic carbocycles. The van der Waals surface area contributed by atoms with Crippen molar-refractivity contribution in [1.29, 1.82) is 0 Å². The van der Waals surface area contributed by atoms with Gasteiger partial charge in [0.25, 0.3) is 0 Å². The van der Waals surface area contributed by atoms with Gasteiger partial charge in [0.1, 0.15) is 5.82 Å². The molecule has 1 aliphatic rings. The van der Waals surface area contributed by atoms with Crippen molar-refractivity contribution in [1.82, 2.24) is 20.2 Å². The normalized spacial score (nSPS) is 18.9. The van der Waals surface area contributed by atoms with Crippen molar-refractivity contribution < 1.29 is 4.79 Å². The number of hydrogen-bond acceptors (Lipinski definition) is 3. The lowest BCUT2D eigenvalue weighted by Gasteiger charge is -2.35. The molecule has 0 bridgehead atoms. The highest BCUT2D eigenvalue weighted by Crippen LogP contribution is 2.30. The summed E-state index contributed by atoms with van der Waals surface area (Å²) in [5.41, 5.74) is -0.216.